The van der Waals surface area contributed by atoms with Gasteiger partial charge in [0.25, 0.3) is 0 Å². The van der Waals surface area contributed by atoms with Crippen LogP contribution in [-0.4, -0.2) is 28.6 Å². The lowest BCUT2D eigenvalue weighted by Crippen LogP contribution is -2.45. The van der Waals surface area contributed by atoms with E-state index in [1.807, 2.05) is 20.0 Å². The molecule has 0 amide bonds. The number of terminal acetylenes is 1. The maximum Gasteiger partial charge on any atom is 0.320 e. The van der Waals surface area contributed by atoms with Crippen molar-refractivity contribution in [3.63, 3.8) is 0 Å². The first-order valence-corrected chi connectivity index (χ1v) is 11.4. The van der Waals surface area contributed by atoms with E-state index in [0.717, 1.165) is 36.0 Å². The van der Waals surface area contributed by atoms with Crippen molar-refractivity contribution in [1.29, 1.82) is 0 Å². The van der Waals surface area contributed by atoms with Gasteiger partial charge in [0.15, 0.2) is 0 Å². The van der Waals surface area contributed by atoms with Gasteiger partial charge in [0.1, 0.15) is 6.04 Å². The quantitative estimate of drug-likeness (QED) is 0.598. The number of hydrogen-bond donors (Lipinski definition) is 2. The van der Waals surface area contributed by atoms with Crippen LogP contribution in [-0.2, 0) is 17.6 Å². The van der Waals surface area contributed by atoms with Gasteiger partial charge in [0, 0.05) is 16.6 Å². The molecule has 2 aromatic rings. The van der Waals surface area contributed by atoms with Gasteiger partial charge in [0.05, 0.1) is 5.69 Å². The molecule has 1 aliphatic heterocycles. The molecule has 1 aromatic carbocycles. The molecule has 30 heavy (non-hydrogen) atoms. The number of nitrogens with zero attached hydrogens (tertiary/aromatic N) is 1. The van der Waals surface area contributed by atoms with Crippen LogP contribution in [0.2, 0.25) is 0 Å². The Kier molecular flexibility index (Phi) is 9.08. The van der Waals surface area contributed by atoms with Crippen molar-refractivity contribution < 1.29 is 9.90 Å². The van der Waals surface area contributed by atoms with Gasteiger partial charge in [-0.25, -0.2) is 0 Å². The molecule has 3 unspecified atom stereocenters. The Morgan fingerprint density at radius 3 is 2.60 bits per heavy atom. The van der Waals surface area contributed by atoms with Crippen molar-refractivity contribution in [2.24, 2.45) is 5.92 Å². The van der Waals surface area contributed by atoms with Crippen LogP contribution in [0.25, 0.3) is 0 Å². The third kappa shape index (κ3) is 5.30. The number of benzene rings is 1. The fourth-order valence-corrected chi connectivity index (χ4v) is 4.94. The lowest BCUT2D eigenvalue weighted by atomic mass is 9.75. The van der Waals surface area contributed by atoms with Crippen molar-refractivity contribution in [2.75, 3.05) is 6.54 Å². The summed E-state index contributed by atoms with van der Waals surface area (Å²) in [5.41, 5.74) is 6.40. The summed E-state index contributed by atoms with van der Waals surface area (Å²) in [4.78, 5) is 16.4. The zero-order valence-corrected chi connectivity index (χ0v) is 19.6. The van der Waals surface area contributed by atoms with Gasteiger partial charge in [-0.1, -0.05) is 37.6 Å². The van der Waals surface area contributed by atoms with Crippen molar-refractivity contribution in [3.05, 3.63) is 62.9 Å². The number of aliphatic carboxylic acids is 1. The maximum atomic E-state index is 11.5. The minimum Gasteiger partial charge on any atom is -0.480 e. The van der Waals surface area contributed by atoms with Gasteiger partial charge in [-0.05, 0) is 83.8 Å². The van der Waals surface area contributed by atoms with Crippen LogP contribution in [0.4, 0.5) is 0 Å². The van der Waals surface area contributed by atoms with E-state index in [1.165, 1.54) is 22.3 Å². The monoisotopic (exact) mass is 470 g/mol. The smallest absolute Gasteiger partial charge is 0.320 e. The number of pyridine rings is 1. The van der Waals surface area contributed by atoms with Gasteiger partial charge < -0.3 is 10.4 Å². The summed E-state index contributed by atoms with van der Waals surface area (Å²) in [5, 5.41) is 12.6. The third-order valence-corrected chi connectivity index (χ3v) is 6.21. The number of nitrogens with one attached hydrogen (secondary N) is 1. The van der Waals surface area contributed by atoms with E-state index < -0.39 is 12.0 Å². The zero-order chi connectivity index (χ0) is 22.3. The Morgan fingerprint density at radius 2 is 1.90 bits per heavy atom. The second-order valence-corrected chi connectivity index (χ2v) is 8.42. The summed E-state index contributed by atoms with van der Waals surface area (Å²) in [6.07, 6.45) is 13.5. The lowest BCUT2D eigenvalue weighted by molar-refractivity contribution is -0.140. The summed E-state index contributed by atoms with van der Waals surface area (Å²) in [6.45, 7) is 6.87. The average Bonchev–Trinajstić information content (AvgIpc) is 2.93. The average molecular weight is 471 g/mol. The first-order valence-electron chi connectivity index (χ1n) is 10.6. The second-order valence-electron chi connectivity index (χ2n) is 7.51. The molecular weight excluding hydrogens is 440 g/mol. The number of aryl methyl sites for hydroxylation is 3. The van der Waals surface area contributed by atoms with Crippen LogP contribution in [0.5, 0.6) is 0 Å². The third-order valence-electron chi connectivity index (χ3n) is 5.77. The van der Waals surface area contributed by atoms with Crippen molar-refractivity contribution >= 4 is 21.9 Å². The molecule has 2 aliphatic rings. The zero-order valence-electron chi connectivity index (χ0n) is 18.0. The molecular formula is C25H31BrN2O2. The van der Waals surface area contributed by atoms with Gasteiger partial charge in [-0.3, -0.25) is 9.78 Å². The van der Waals surface area contributed by atoms with E-state index in [9.17, 15) is 9.90 Å². The lowest BCUT2D eigenvalue weighted by Gasteiger charge is -2.34. The number of halogens is 1. The predicted octanol–water partition coefficient (Wildman–Crippen LogP) is 5.11. The number of carbonyl (C=O) groups is 1. The Labute approximate surface area is 188 Å². The molecule has 3 atom stereocenters. The largest absolute Gasteiger partial charge is 0.480 e. The minimum absolute atomic E-state index is 0.167. The van der Waals surface area contributed by atoms with E-state index >= 15 is 0 Å². The van der Waals surface area contributed by atoms with Crippen LogP contribution in [0.15, 0.2) is 34.9 Å². The second kappa shape index (κ2) is 11.3. The van der Waals surface area contributed by atoms with Crippen LogP contribution < -0.4 is 5.32 Å². The molecule has 1 fully saturated rings. The van der Waals surface area contributed by atoms with Crippen molar-refractivity contribution in [2.45, 2.75) is 58.4 Å². The number of aromatic nitrogens is 1. The molecule has 4 nitrogen and oxygen atoms in total. The molecule has 2 N–H and O–H groups in total. The standard InChI is InChI=1S/C21H23BrN2O2.C2H6.C2H2/c1-12-2-5-17-13(8-12)3-4-15-9-16(22)11-24-20(15)19(17)14-6-7-23-18(10-14)21(25)26;2*1-2/h2,5,8-9,11,14,18-19,23H,3-4,6-7,10H2,1H3,(H,25,26);1-2H3;1-2H. The minimum atomic E-state index is -0.753. The molecule has 160 valence electrons. The van der Waals surface area contributed by atoms with Gasteiger partial charge in [-0.2, -0.15) is 0 Å². The predicted molar refractivity (Wildman–Crippen MR) is 126 cm³/mol. The van der Waals surface area contributed by atoms with Crippen molar-refractivity contribution in [3.8, 4) is 12.8 Å². The Hall–Kier alpha value is -2.16. The van der Waals surface area contributed by atoms with Crippen LogP contribution in [0, 0.1) is 25.7 Å². The SMILES string of the molecule is C#C.CC.Cc1ccc2c(c1)CCc1cc(Br)cnc1C2C1CCNC(C(=O)O)C1. The van der Waals surface area contributed by atoms with E-state index in [1.54, 1.807) is 0 Å². The molecule has 0 radical (unpaired) electrons. The van der Waals surface area contributed by atoms with Gasteiger partial charge in [0.2, 0.25) is 0 Å². The summed E-state index contributed by atoms with van der Waals surface area (Å²) < 4.78 is 1.01. The normalized spacial score (nSPS) is 22.0. The van der Waals surface area contributed by atoms with Crippen LogP contribution >= 0.6 is 15.9 Å². The number of fused-ring (bicyclic) bond motifs is 2. The van der Waals surface area contributed by atoms with E-state index in [0.29, 0.717) is 6.42 Å². The Balaban J connectivity index is 0.000000757. The highest BCUT2D eigenvalue weighted by molar-refractivity contribution is 9.10. The molecule has 1 saturated heterocycles. The molecule has 1 aromatic heterocycles. The van der Waals surface area contributed by atoms with Crippen LogP contribution in [0.1, 0.15) is 60.6 Å². The first kappa shape index (κ1) is 24.1. The van der Waals surface area contributed by atoms with E-state index in [2.05, 4.69) is 65.3 Å². The summed E-state index contributed by atoms with van der Waals surface area (Å²) in [7, 11) is 0. The van der Waals surface area contributed by atoms with Gasteiger partial charge in [-0.15, -0.1) is 12.8 Å². The Morgan fingerprint density at radius 1 is 1.20 bits per heavy atom. The number of carboxylic acid groups (broad SMARTS) is 1. The highest BCUT2D eigenvalue weighted by atomic mass is 79.9. The highest BCUT2D eigenvalue weighted by Gasteiger charge is 2.36. The van der Waals surface area contributed by atoms with E-state index in [-0.39, 0.29) is 11.8 Å². The first-order chi connectivity index (χ1) is 14.5. The summed E-state index contributed by atoms with van der Waals surface area (Å²) in [5.74, 6) is -0.305. The summed E-state index contributed by atoms with van der Waals surface area (Å²) in [6, 6.07) is 8.42. The fraction of sp³-hybridized carbons (Fsp3) is 0.440. The number of carboxylic acids is 1. The fourth-order valence-electron chi connectivity index (χ4n) is 4.56. The molecule has 1 aliphatic carbocycles. The Bertz CT molecular complexity index is 840. The van der Waals surface area contributed by atoms with Gasteiger partial charge >= 0.3 is 5.97 Å². The molecule has 4 rings (SSSR count). The van der Waals surface area contributed by atoms with Crippen LogP contribution in [0.3, 0.4) is 0 Å². The number of hydrogen-bond acceptors (Lipinski definition) is 3. The maximum absolute atomic E-state index is 11.5. The molecule has 2 heterocycles. The van der Waals surface area contributed by atoms with E-state index in [4.69, 9.17) is 4.98 Å². The molecule has 0 bridgehead atoms. The van der Waals surface area contributed by atoms with Crippen molar-refractivity contribution in [1.82, 2.24) is 10.3 Å². The number of piperidine rings is 1. The topological polar surface area (TPSA) is 62.2 Å². The molecule has 0 spiro atoms. The molecule has 0 saturated carbocycles. The highest BCUT2D eigenvalue weighted by Crippen LogP contribution is 2.42. The number of rotatable bonds is 2. The molecule has 5 heteroatoms. The summed E-state index contributed by atoms with van der Waals surface area (Å²) >= 11 is 3.56.